The SMILES string of the molecule is O=C(NOC1CCN(S(=O)(=O)c2cccc(C(F)(F)F)c2)CC1)C(c1ccccc1)c1ccccc1. The van der Waals surface area contributed by atoms with Gasteiger partial charge in [0.05, 0.1) is 22.5 Å². The van der Waals surface area contributed by atoms with Gasteiger partial charge in [-0.05, 0) is 42.2 Å². The molecule has 1 saturated heterocycles. The Balaban J connectivity index is 1.38. The van der Waals surface area contributed by atoms with E-state index >= 15 is 0 Å². The lowest BCUT2D eigenvalue weighted by molar-refractivity contribution is -0.141. The van der Waals surface area contributed by atoms with E-state index in [1.54, 1.807) is 0 Å². The molecule has 36 heavy (non-hydrogen) atoms. The highest BCUT2D eigenvalue weighted by molar-refractivity contribution is 7.89. The van der Waals surface area contributed by atoms with Crippen molar-refractivity contribution in [1.29, 1.82) is 0 Å². The Morgan fingerprint density at radius 2 is 1.44 bits per heavy atom. The van der Waals surface area contributed by atoms with E-state index in [1.165, 1.54) is 0 Å². The quantitative estimate of drug-likeness (QED) is 0.459. The number of hydroxylamine groups is 1. The lowest BCUT2D eigenvalue weighted by atomic mass is 9.91. The second-order valence-corrected chi connectivity index (χ2v) is 10.4. The van der Waals surface area contributed by atoms with Crippen LogP contribution in [0.3, 0.4) is 0 Å². The van der Waals surface area contributed by atoms with Gasteiger partial charge in [-0.1, -0.05) is 66.7 Å². The summed E-state index contributed by atoms with van der Waals surface area (Å²) in [6.45, 7) is 0.111. The first-order valence-corrected chi connectivity index (χ1v) is 12.8. The van der Waals surface area contributed by atoms with Crippen molar-refractivity contribution >= 4 is 15.9 Å². The topological polar surface area (TPSA) is 75.7 Å². The Bertz CT molecular complexity index is 1240. The van der Waals surface area contributed by atoms with E-state index in [9.17, 15) is 26.4 Å². The molecule has 0 spiro atoms. The molecule has 1 heterocycles. The number of hydrogen-bond donors (Lipinski definition) is 1. The molecule has 1 amide bonds. The summed E-state index contributed by atoms with van der Waals surface area (Å²) >= 11 is 0. The number of piperidine rings is 1. The lowest BCUT2D eigenvalue weighted by Crippen LogP contribution is -2.43. The molecule has 1 N–H and O–H groups in total. The number of carbonyl (C=O) groups is 1. The van der Waals surface area contributed by atoms with Crippen molar-refractivity contribution in [3.8, 4) is 0 Å². The summed E-state index contributed by atoms with van der Waals surface area (Å²) in [7, 11) is -4.09. The molecular weight excluding hydrogens is 493 g/mol. The van der Waals surface area contributed by atoms with Gasteiger partial charge in [-0.25, -0.2) is 13.9 Å². The summed E-state index contributed by atoms with van der Waals surface area (Å²) in [6.07, 6.45) is -4.52. The molecule has 1 aliphatic heterocycles. The van der Waals surface area contributed by atoms with Crippen LogP contribution in [0.15, 0.2) is 89.8 Å². The lowest BCUT2D eigenvalue weighted by Gasteiger charge is -2.31. The second kappa shape index (κ2) is 10.8. The molecule has 6 nitrogen and oxygen atoms in total. The number of sulfonamides is 1. The van der Waals surface area contributed by atoms with Gasteiger partial charge in [0.2, 0.25) is 10.0 Å². The van der Waals surface area contributed by atoms with E-state index in [1.807, 2.05) is 60.7 Å². The van der Waals surface area contributed by atoms with Crippen molar-refractivity contribution in [3.63, 3.8) is 0 Å². The molecule has 0 saturated carbocycles. The largest absolute Gasteiger partial charge is 0.416 e. The number of hydrogen-bond acceptors (Lipinski definition) is 4. The van der Waals surface area contributed by atoms with Crippen LogP contribution in [0.1, 0.15) is 35.4 Å². The number of halogens is 3. The first kappa shape index (κ1) is 25.9. The Morgan fingerprint density at radius 3 is 1.97 bits per heavy atom. The summed E-state index contributed by atoms with van der Waals surface area (Å²) in [5.74, 6) is -0.944. The molecule has 1 fully saturated rings. The van der Waals surface area contributed by atoms with Crippen LogP contribution in [0.4, 0.5) is 13.2 Å². The smallest absolute Gasteiger partial charge is 0.272 e. The van der Waals surface area contributed by atoms with Crippen LogP contribution in [-0.4, -0.2) is 37.8 Å². The number of carbonyl (C=O) groups excluding carboxylic acids is 1. The first-order chi connectivity index (χ1) is 17.2. The third-order valence-electron chi connectivity index (χ3n) is 6.05. The van der Waals surface area contributed by atoms with Gasteiger partial charge in [-0.15, -0.1) is 0 Å². The maximum absolute atomic E-state index is 13.1. The monoisotopic (exact) mass is 518 g/mol. The van der Waals surface area contributed by atoms with E-state index in [0.717, 1.165) is 33.6 Å². The third-order valence-corrected chi connectivity index (χ3v) is 7.95. The molecule has 0 atom stereocenters. The van der Waals surface area contributed by atoms with Crippen molar-refractivity contribution in [3.05, 3.63) is 102 Å². The number of rotatable bonds is 7. The third kappa shape index (κ3) is 5.95. The van der Waals surface area contributed by atoms with Gasteiger partial charge >= 0.3 is 6.18 Å². The maximum atomic E-state index is 13.1. The summed E-state index contributed by atoms with van der Waals surface area (Å²) < 4.78 is 66.0. The molecule has 4 rings (SSSR count). The predicted octanol–water partition coefficient (Wildman–Crippen LogP) is 4.74. The van der Waals surface area contributed by atoms with Crippen molar-refractivity contribution in [2.75, 3.05) is 13.1 Å². The van der Waals surface area contributed by atoms with Gasteiger partial charge < -0.3 is 0 Å². The Labute approximate surface area is 207 Å². The van der Waals surface area contributed by atoms with Crippen LogP contribution >= 0.6 is 0 Å². The molecule has 0 radical (unpaired) electrons. The zero-order valence-corrected chi connectivity index (χ0v) is 20.0. The molecule has 0 unspecified atom stereocenters. The highest BCUT2D eigenvalue weighted by Gasteiger charge is 2.34. The average molecular weight is 519 g/mol. The minimum atomic E-state index is -4.64. The molecule has 190 valence electrons. The van der Waals surface area contributed by atoms with Gasteiger partial charge in [0.25, 0.3) is 5.91 Å². The average Bonchev–Trinajstić information content (AvgIpc) is 2.89. The van der Waals surface area contributed by atoms with E-state index in [-0.39, 0.29) is 31.8 Å². The number of amides is 1. The van der Waals surface area contributed by atoms with Crippen molar-refractivity contribution < 1.29 is 31.2 Å². The number of benzene rings is 3. The molecule has 1 aliphatic rings. The van der Waals surface area contributed by atoms with Crippen molar-refractivity contribution in [2.24, 2.45) is 0 Å². The van der Waals surface area contributed by atoms with Crippen LogP contribution in [0.5, 0.6) is 0 Å². The molecule has 0 aliphatic carbocycles. The zero-order valence-electron chi connectivity index (χ0n) is 19.2. The van der Waals surface area contributed by atoms with Crippen molar-refractivity contribution in [2.45, 2.75) is 35.9 Å². The molecule has 3 aromatic carbocycles. The van der Waals surface area contributed by atoms with Crippen LogP contribution in [-0.2, 0) is 25.8 Å². The fraction of sp³-hybridized carbons (Fsp3) is 0.269. The van der Waals surface area contributed by atoms with E-state index in [0.29, 0.717) is 6.07 Å². The van der Waals surface area contributed by atoms with Gasteiger partial charge in [0, 0.05) is 13.1 Å². The minimum absolute atomic E-state index is 0.0555. The normalized spacial score (nSPS) is 15.7. The Hall–Kier alpha value is -3.21. The molecule has 0 aromatic heterocycles. The molecule has 0 bridgehead atoms. The van der Waals surface area contributed by atoms with E-state index in [4.69, 9.17) is 4.84 Å². The van der Waals surface area contributed by atoms with Crippen LogP contribution in [0.25, 0.3) is 0 Å². The maximum Gasteiger partial charge on any atom is 0.416 e. The van der Waals surface area contributed by atoms with E-state index < -0.39 is 38.7 Å². The molecular formula is C26H25F3N2O4S. The summed E-state index contributed by atoms with van der Waals surface area (Å²) in [6, 6.07) is 22.2. The zero-order chi connectivity index (χ0) is 25.8. The summed E-state index contributed by atoms with van der Waals surface area (Å²) in [5, 5.41) is 0. The summed E-state index contributed by atoms with van der Waals surface area (Å²) in [4.78, 5) is 18.3. The minimum Gasteiger partial charge on any atom is -0.272 e. The fourth-order valence-corrected chi connectivity index (χ4v) is 5.67. The van der Waals surface area contributed by atoms with Gasteiger partial charge in [-0.3, -0.25) is 9.63 Å². The van der Waals surface area contributed by atoms with Gasteiger partial charge in [-0.2, -0.15) is 17.5 Å². The van der Waals surface area contributed by atoms with Crippen LogP contribution in [0, 0.1) is 0 Å². The predicted molar refractivity (Wildman–Crippen MR) is 127 cm³/mol. The fourth-order valence-electron chi connectivity index (χ4n) is 4.16. The molecule has 10 heteroatoms. The standard InChI is InChI=1S/C26H25F3N2O4S/c27-26(28,29)21-12-7-13-23(18-21)36(33,34)31-16-14-22(15-17-31)35-30-25(32)24(19-8-3-1-4-9-19)20-10-5-2-6-11-20/h1-13,18,22,24H,14-17H2,(H,30,32). The highest BCUT2D eigenvalue weighted by Crippen LogP contribution is 2.32. The Morgan fingerprint density at radius 1 is 0.889 bits per heavy atom. The summed E-state index contributed by atoms with van der Waals surface area (Å²) in [5.41, 5.74) is 3.11. The van der Waals surface area contributed by atoms with Crippen molar-refractivity contribution in [1.82, 2.24) is 9.79 Å². The second-order valence-electron chi connectivity index (χ2n) is 8.47. The highest BCUT2D eigenvalue weighted by atomic mass is 32.2. The van der Waals surface area contributed by atoms with Crippen LogP contribution < -0.4 is 5.48 Å². The number of alkyl halides is 3. The Kier molecular flexibility index (Phi) is 7.77. The van der Waals surface area contributed by atoms with Gasteiger partial charge in [0.15, 0.2) is 0 Å². The van der Waals surface area contributed by atoms with Crippen LogP contribution in [0.2, 0.25) is 0 Å². The van der Waals surface area contributed by atoms with E-state index in [2.05, 4.69) is 5.48 Å². The van der Waals surface area contributed by atoms with Gasteiger partial charge in [0.1, 0.15) is 0 Å². The number of nitrogens with zero attached hydrogens (tertiary/aromatic N) is 1. The number of nitrogens with one attached hydrogen (secondary N) is 1. The molecule has 3 aromatic rings. The first-order valence-electron chi connectivity index (χ1n) is 11.4.